The average molecular weight is 365 g/mol. The lowest BCUT2D eigenvalue weighted by molar-refractivity contribution is -0.194. The van der Waals surface area contributed by atoms with Gasteiger partial charge in [0.05, 0.1) is 40.4 Å². The molecule has 0 N–H and O–H groups in total. The van der Waals surface area contributed by atoms with Crippen LogP contribution in [0.4, 0.5) is 0 Å². The molecule has 1 heterocycles. The van der Waals surface area contributed by atoms with Crippen molar-refractivity contribution < 1.29 is 33.3 Å². The minimum Gasteiger partial charge on any atom is -0.497 e. The number of nitrogens with zero attached hydrogens (tertiary/aromatic N) is 1. The summed E-state index contributed by atoms with van der Waals surface area (Å²) in [6, 6.07) is 5.08. The Morgan fingerprint density at radius 1 is 1.08 bits per heavy atom. The standard InChI is InChI=1S/C18H23NO7/c1-5-25-16(21)18(17(22)26-6-2)10-15(20)19(18)11-12-7-8-13(23-3)9-14(12)24-4/h7-9H,5-6,10-11H2,1-4H3. The molecule has 26 heavy (non-hydrogen) atoms. The fraction of sp³-hybridized carbons (Fsp3) is 0.500. The van der Waals surface area contributed by atoms with Gasteiger partial charge in [-0.3, -0.25) is 4.79 Å². The summed E-state index contributed by atoms with van der Waals surface area (Å²) in [6.07, 6.45) is -0.275. The van der Waals surface area contributed by atoms with Crippen LogP contribution in [-0.4, -0.2) is 55.7 Å². The Kier molecular flexibility index (Phi) is 6.07. The Morgan fingerprint density at radius 2 is 1.69 bits per heavy atom. The summed E-state index contributed by atoms with van der Waals surface area (Å²) in [5, 5.41) is 0. The molecule has 0 bridgehead atoms. The molecule has 2 rings (SSSR count). The molecule has 1 saturated heterocycles. The average Bonchev–Trinajstić information content (AvgIpc) is 2.63. The van der Waals surface area contributed by atoms with Gasteiger partial charge in [-0.15, -0.1) is 0 Å². The van der Waals surface area contributed by atoms with E-state index in [0.29, 0.717) is 17.1 Å². The van der Waals surface area contributed by atoms with Crippen LogP contribution >= 0.6 is 0 Å². The van der Waals surface area contributed by atoms with Crippen molar-refractivity contribution in [3.05, 3.63) is 23.8 Å². The summed E-state index contributed by atoms with van der Waals surface area (Å²) in [7, 11) is 3.01. The van der Waals surface area contributed by atoms with Crippen molar-refractivity contribution in [2.75, 3.05) is 27.4 Å². The van der Waals surface area contributed by atoms with E-state index < -0.39 is 17.5 Å². The molecule has 1 aliphatic rings. The predicted octanol–water partition coefficient (Wildman–Crippen LogP) is 1.30. The van der Waals surface area contributed by atoms with Crippen molar-refractivity contribution in [3.8, 4) is 11.5 Å². The maximum absolute atomic E-state index is 12.5. The van der Waals surface area contributed by atoms with Gasteiger partial charge < -0.3 is 23.8 Å². The highest BCUT2D eigenvalue weighted by atomic mass is 16.6. The van der Waals surface area contributed by atoms with Crippen LogP contribution in [-0.2, 0) is 30.4 Å². The monoisotopic (exact) mass is 365 g/mol. The van der Waals surface area contributed by atoms with E-state index in [-0.39, 0.29) is 32.1 Å². The molecule has 142 valence electrons. The number of benzene rings is 1. The van der Waals surface area contributed by atoms with Crippen LogP contribution in [0.2, 0.25) is 0 Å². The zero-order valence-corrected chi connectivity index (χ0v) is 15.4. The molecule has 0 aromatic heterocycles. The summed E-state index contributed by atoms with van der Waals surface area (Å²) in [5.74, 6) is -0.853. The Hall–Kier alpha value is -2.77. The summed E-state index contributed by atoms with van der Waals surface area (Å²) < 4.78 is 20.6. The molecule has 8 heteroatoms. The normalized spacial score (nSPS) is 15.1. The zero-order valence-electron chi connectivity index (χ0n) is 15.4. The molecule has 0 aliphatic carbocycles. The molecule has 1 aromatic carbocycles. The number of amides is 1. The summed E-state index contributed by atoms with van der Waals surface area (Å²) in [5.41, 5.74) is -1.13. The van der Waals surface area contributed by atoms with Crippen molar-refractivity contribution in [1.82, 2.24) is 4.90 Å². The fourth-order valence-electron chi connectivity index (χ4n) is 2.86. The second-order valence-corrected chi connectivity index (χ2v) is 5.64. The lowest BCUT2D eigenvalue weighted by Crippen LogP contribution is -2.72. The molecular weight excluding hydrogens is 342 g/mol. The summed E-state index contributed by atoms with van der Waals surface area (Å²) >= 11 is 0. The maximum Gasteiger partial charge on any atom is 0.344 e. The zero-order chi connectivity index (χ0) is 19.3. The van der Waals surface area contributed by atoms with Crippen LogP contribution in [0, 0.1) is 0 Å². The molecule has 0 spiro atoms. The molecular formula is C18H23NO7. The van der Waals surface area contributed by atoms with E-state index in [4.69, 9.17) is 18.9 Å². The van der Waals surface area contributed by atoms with Crippen LogP contribution in [0.5, 0.6) is 11.5 Å². The van der Waals surface area contributed by atoms with Crippen molar-refractivity contribution in [2.45, 2.75) is 32.4 Å². The first-order valence-corrected chi connectivity index (χ1v) is 8.30. The van der Waals surface area contributed by atoms with Gasteiger partial charge >= 0.3 is 11.9 Å². The maximum atomic E-state index is 12.5. The lowest BCUT2D eigenvalue weighted by atomic mass is 9.83. The van der Waals surface area contributed by atoms with E-state index >= 15 is 0 Å². The van der Waals surface area contributed by atoms with E-state index in [1.54, 1.807) is 32.0 Å². The SMILES string of the molecule is CCOC(=O)C1(C(=O)OCC)CC(=O)N1Cc1ccc(OC)cc1OC. The van der Waals surface area contributed by atoms with Gasteiger partial charge in [0, 0.05) is 11.6 Å². The van der Waals surface area contributed by atoms with Crippen LogP contribution in [0.15, 0.2) is 18.2 Å². The number of β-lactam (4-membered cyclic amide) rings is 1. The van der Waals surface area contributed by atoms with Gasteiger partial charge in [-0.1, -0.05) is 0 Å². The predicted molar refractivity (Wildman–Crippen MR) is 90.7 cm³/mol. The van der Waals surface area contributed by atoms with Gasteiger partial charge in [0.2, 0.25) is 11.4 Å². The molecule has 1 amide bonds. The third kappa shape index (κ3) is 3.31. The third-order valence-corrected chi connectivity index (χ3v) is 4.22. The van der Waals surface area contributed by atoms with Gasteiger partial charge in [-0.25, -0.2) is 9.59 Å². The van der Waals surface area contributed by atoms with Gasteiger partial charge in [-0.05, 0) is 26.0 Å². The van der Waals surface area contributed by atoms with Crippen LogP contribution in [0.3, 0.4) is 0 Å². The molecule has 1 aromatic rings. The minimum absolute atomic E-state index is 0.00360. The molecule has 8 nitrogen and oxygen atoms in total. The smallest absolute Gasteiger partial charge is 0.344 e. The Bertz CT molecular complexity index is 683. The Labute approximate surface area is 152 Å². The Morgan fingerprint density at radius 3 is 2.15 bits per heavy atom. The Balaban J connectivity index is 2.37. The number of rotatable bonds is 8. The van der Waals surface area contributed by atoms with Gasteiger partial charge in [0.15, 0.2) is 0 Å². The fourth-order valence-corrected chi connectivity index (χ4v) is 2.86. The highest BCUT2D eigenvalue weighted by Crippen LogP contribution is 2.38. The molecule has 0 saturated carbocycles. The second-order valence-electron chi connectivity index (χ2n) is 5.64. The van der Waals surface area contributed by atoms with E-state index in [0.717, 1.165) is 0 Å². The number of hydrogen-bond donors (Lipinski definition) is 0. The van der Waals surface area contributed by atoms with Crippen molar-refractivity contribution >= 4 is 17.8 Å². The molecule has 0 radical (unpaired) electrons. The number of ether oxygens (including phenoxy) is 4. The quantitative estimate of drug-likeness (QED) is 0.389. The minimum atomic E-state index is -1.76. The number of carbonyl (C=O) groups is 3. The van der Waals surface area contributed by atoms with Crippen molar-refractivity contribution in [3.63, 3.8) is 0 Å². The van der Waals surface area contributed by atoms with Gasteiger partial charge in [0.25, 0.3) is 0 Å². The van der Waals surface area contributed by atoms with E-state index in [1.807, 2.05) is 0 Å². The summed E-state index contributed by atoms with van der Waals surface area (Å²) in [4.78, 5) is 38.4. The number of likely N-dealkylation sites (tertiary alicyclic amines) is 1. The number of esters is 2. The largest absolute Gasteiger partial charge is 0.497 e. The van der Waals surface area contributed by atoms with E-state index in [1.165, 1.54) is 19.1 Å². The highest BCUT2D eigenvalue weighted by molar-refractivity contribution is 6.15. The highest BCUT2D eigenvalue weighted by Gasteiger charge is 2.64. The van der Waals surface area contributed by atoms with Crippen molar-refractivity contribution in [2.24, 2.45) is 0 Å². The molecule has 0 unspecified atom stereocenters. The van der Waals surface area contributed by atoms with E-state index in [9.17, 15) is 14.4 Å². The van der Waals surface area contributed by atoms with Crippen LogP contribution in [0.25, 0.3) is 0 Å². The second kappa shape index (κ2) is 8.07. The van der Waals surface area contributed by atoms with Gasteiger partial charge in [-0.2, -0.15) is 0 Å². The van der Waals surface area contributed by atoms with Gasteiger partial charge in [0.1, 0.15) is 11.5 Å². The number of hydrogen-bond acceptors (Lipinski definition) is 7. The van der Waals surface area contributed by atoms with Crippen LogP contribution in [0.1, 0.15) is 25.8 Å². The topological polar surface area (TPSA) is 91.4 Å². The van der Waals surface area contributed by atoms with Crippen LogP contribution < -0.4 is 9.47 Å². The molecule has 0 atom stereocenters. The molecule has 1 aliphatic heterocycles. The lowest BCUT2D eigenvalue weighted by Gasteiger charge is -2.47. The number of carbonyl (C=O) groups excluding carboxylic acids is 3. The first-order valence-electron chi connectivity index (χ1n) is 8.30. The summed E-state index contributed by atoms with van der Waals surface area (Å²) in [6.45, 7) is 3.45. The first kappa shape index (κ1) is 19.6. The molecule has 1 fully saturated rings. The first-order chi connectivity index (χ1) is 12.4. The van der Waals surface area contributed by atoms with E-state index in [2.05, 4.69) is 0 Å². The number of methoxy groups -OCH3 is 2. The van der Waals surface area contributed by atoms with Crippen molar-refractivity contribution in [1.29, 1.82) is 0 Å². The third-order valence-electron chi connectivity index (χ3n) is 4.22.